The lowest BCUT2D eigenvalue weighted by Gasteiger charge is -2.09. The van der Waals surface area contributed by atoms with E-state index in [9.17, 15) is 13.2 Å². The number of anilines is 1. The summed E-state index contributed by atoms with van der Waals surface area (Å²) in [6.07, 6.45) is 0. The maximum atomic E-state index is 12.4. The molecule has 1 heterocycles. The van der Waals surface area contributed by atoms with Crippen LogP contribution in [0.4, 0.5) is 5.82 Å². The van der Waals surface area contributed by atoms with Crippen molar-refractivity contribution in [1.29, 1.82) is 0 Å². The molecule has 0 radical (unpaired) electrons. The lowest BCUT2D eigenvalue weighted by molar-refractivity contribution is 0.0588. The second-order valence-corrected chi connectivity index (χ2v) is 7.20. The van der Waals surface area contributed by atoms with E-state index < -0.39 is 16.0 Å². The number of nitrogens with zero attached hydrogens (tertiary/aromatic N) is 2. The molecule has 11 heteroatoms. The molecule has 2 rings (SSSR count). The highest BCUT2D eigenvalue weighted by Gasteiger charge is 2.24. The van der Waals surface area contributed by atoms with Gasteiger partial charge in [-0.3, -0.25) is 9.40 Å². The molecule has 0 saturated heterocycles. The van der Waals surface area contributed by atoms with Gasteiger partial charge in [0, 0.05) is 18.1 Å². The highest BCUT2D eigenvalue weighted by molar-refractivity contribution is 7.93. The van der Waals surface area contributed by atoms with Crippen LogP contribution >= 0.6 is 34.8 Å². The van der Waals surface area contributed by atoms with E-state index in [1.54, 1.807) is 0 Å². The molecule has 7 nitrogen and oxygen atoms in total. The normalized spacial score (nSPS) is 11.3. The van der Waals surface area contributed by atoms with Crippen molar-refractivity contribution in [3.05, 3.63) is 39.0 Å². The smallest absolute Gasteiger partial charge is 0.356 e. The predicted octanol–water partition coefficient (Wildman–Crippen LogP) is 2.97. The number of aromatic nitrogens is 2. The standard InChI is InChI=1S/C12H10Cl3N3O4S/c1-18-9(12(19)22-2)5-10(16-18)17-23(20,21)11-7(14)3-6(13)4-8(11)15/h3-5H,1-2H3,(H,16,17). The Kier molecular flexibility index (Phi) is 5.10. The summed E-state index contributed by atoms with van der Waals surface area (Å²) in [4.78, 5) is 11.2. The number of halogens is 3. The predicted molar refractivity (Wildman–Crippen MR) is 86.8 cm³/mol. The van der Waals surface area contributed by atoms with Gasteiger partial charge in [-0.05, 0) is 12.1 Å². The molecule has 23 heavy (non-hydrogen) atoms. The van der Waals surface area contributed by atoms with Gasteiger partial charge in [-0.15, -0.1) is 0 Å². The molecule has 2 aromatic rings. The number of esters is 1. The second kappa shape index (κ2) is 6.56. The molecule has 0 aliphatic rings. The third-order valence-electron chi connectivity index (χ3n) is 2.75. The number of carbonyl (C=O) groups excluding carboxylic acids is 1. The first-order valence-electron chi connectivity index (χ1n) is 5.95. The minimum atomic E-state index is -4.13. The van der Waals surface area contributed by atoms with Gasteiger partial charge in [0.15, 0.2) is 5.82 Å². The number of methoxy groups -OCH3 is 1. The molecule has 0 atom stereocenters. The third kappa shape index (κ3) is 3.72. The number of ether oxygens (including phenoxy) is 1. The third-order valence-corrected chi connectivity index (χ3v) is 5.24. The van der Waals surface area contributed by atoms with Gasteiger partial charge in [0.05, 0.1) is 17.2 Å². The Labute approximate surface area is 147 Å². The van der Waals surface area contributed by atoms with Crippen molar-refractivity contribution in [2.45, 2.75) is 4.90 Å². The lowest BCUT2D eigenvalue weighted by atomic mass is 10.4. The van der Waals surface area contributed by atoms with E-state index in [0.29, 0.717) is 0 Å². The summed E-state index contributed by atoms with van der Waals surface area (Å²) in [5.74, 6) is -0.747. The van der Waals surface area contributed by atoms with Crippen LogP contribution in [-0.2, 0) is 21.8 Å². The molecule has 0 spiro atoms. The zero-order valence-electron chi connectivity index (χ0n) is 11.8. The average Bonchev–Trinajstić information content (AvgIpc) is 2.76. The Bertz CT molecular complexity index is 857. The van der Waals surface area contributed by atoms with Crippen LogP contribution in [0.15, 0.2) is 23.1 Å². The van der Waals surface area contributed by atoms with Crippen molar-refractivity contribution in [2.75, 3.05) is 11.8 Å². The molecule has 0 unspecified atom stereocenters. The van der Waals surface area contributed by atoms with E-state index >= 15 is 0 Å². The number of nitrogens with one attached hydrogen (secondary N) is 1. The second-order valence-electron chi connectivity index (χ2n) is 4.33. The van der Waals surface area contributed by atoms with E-state index in [4.69, 9.17) is 34.8 Å². The first-order valence-corrected chi connectivity index (χ1v) is 8.57. The molecular formula is C12H10Cl3N3O4S. The van der Waals surface area contributed by atoms with Crippen molar-refractivity contribution in [3.8, 4) is 0 Å². The maximum Gasteiger partial charge on any atom is 0.356 e. The number of carbonyl (C=O) groups is 1. The van der Waals surface area contributed by atoms with E-state index in [1.807, 2.05) is 0 Å². The lowest BCUT2D eigenvalue weighted by Crippen LogP contribution is -2.14. The summed E-state index contributed by atoms with van der Waals surface area (Å²) in [6.45, 7) is 0. The Balaban J connectivity index is 2.42. The van der Waals surface area contributed by atoms with Crippen molar-refractivity contribution < 1.29 is 17.9 Å². The summed E-state index contributed by atoms with van der Waals surface area (Å²) in [7, 11) is -1.46. The van der Waals surface area contributed by atoms with E-state index in [-0.39, 0.29) is 31.5 Å². The Morgan fingerprint density at radius 1 is 1.22 bits per heavy atom. The van der Waals surface area contributed by atoms with Gasteiger partial charge >= 0.3 is 5.97 Å². The summed E-state index contributed by atoms with van der Waals surface area (Å²) in [5.41, 5.74) is 0.0681. The van der Waals surface area contributed by atoms with Crippen LogP contribution in [0.2, 0.25) is 15.1 Å². The largest absolute Gasteiger partial charge is 0.464 e. The highest BCUT2D eigenvalue weighted by atomic mass is 35.5. The Hall–Kier alpha value is -1.48. The molecular weight excluding hydrogens is 389 g/mol. The summed E-state index contributed by atoms with van der Waals surface area (Å²) in [6, 6.07) is 3.73. The van der Waals surface area contributed by atoms with Gasteiger partial charge < -0.3 is 4.74 Å². The maximum absolute atomic E-state index is 12.4. The van der Waals surface area contributed by atoms with E-state index in [2.05, 4.69) is 14.6 Å². The monoisotopic (exact) mass is 397 g/mol. The summed E-state index contributed by atoms with van der Waals surface area (Å²) in [5, 5.41) is 3.80. The van der Waals surface area contributed by atoms with E-state index in [1.165, 1.54) is 37.0 Å². The minimum absolute atomic E-state index is 0.0681. The number of hydrogen-bond donors (Lipinski definition) is 1. The number of benzene rings is 1. The number of sulfonamides is 1. The van der Waals surface area contributed by atoms with Crippen molar-refractivity contribution in [2.24, 2.45) is 7.05 Å². The topological polar surface area (TPSA) is 90.3 Å². The quantitative estimate of drug-likeness (QED) is 0.800. The first-order chi connectivity index (χ1) is 10.7. The van der Waals surface area contributed by atoms with Crippen LogP contribution in [0.25, 0.3) is 0 Å². The Morgan fingerprint density at radius 2 is 1.78 bits per heavy atom. The number of rotatable bonds is 4. The molecule has 0 saturated carbocycles. The SMILES string of the molecule is COC(=O)c1cc(NS(=O)(=O)c2c(Cl)cc(Cl)cc2Cl)nn1C. The number of hydrogen-bond acceptors (Lipinski definition) is 5. The fraction of sp³-hybridized carbons (Fsp3) is 0.167. The molecule has 0 bridgehead atoms. The van der Waals surface area contributed by atoms with Crippen LogP contribution in [0.5, 0.6) is 0 Å². The molecule has 0 aliphatic heterocycles. The van der Waals surface area contributed by atoms with Gasteiger partial charge in [0.25, 0.3) is 10.0 Å². The first kappa shape index (κ1) is 17.9. The van der Waals surface area contributed by atoms with Gasteiger partial charge in [-0.2, -0.15) is 5.10 Å². The molecule has 0 fully saturated rings. The van der Waals surface area contributed by atoms with E-state index in [0.717, 1.165) is 0 Å². The molecule has 124 valence electrons. The summed E-state index contributed by atoms with van der Waals surface area (Å²) < 4.78 is 32.8. The van der Waals surface area contributed by atoms with Gasteiger partial charge in [-0.25, -0.2) is 13.2 Å². The molecule has 0 aliphatic carbocycles. The van der Waals surface area contributed by atoms with Gasteiger partial charge in [-0.1, -0.05) is 34.8 Å². The van der Waals surface area contributed by atoms with Crippen molar-refractivity contribution in [3.63, 3.8) is 0 Å². The highest BCUT2D eigenvalue weighted by Crippen LogP contribution is 2.33. The minimum Gasteiger partial charge on any atom is -0.464 e. The molecule has 1 aromatic heterocycles. The van der Waals surface area contributed by atoms with Crippen LogP contribution in [0.3, 0.4) is 0 Å². The average molecular weight is 399 g/mol. The van der Waals surface area contributed by atoms with Crippen LogP contribution < -0.4 is 4.72 Å². The zero-order chi connectivity index (χ0) is 17.4. The van der Waals surface area contributed by atoms with Crippen LogP contribution in [0, 0.1) is 0 Å². The number of aryl methyl sites for hydroxylation is 1. The van der Waals surface area contributed by atoms with Crippen molar-refractivity contribution >= 4 is 56.6 Å². The Morgan fingerprint density at radius 3 is 2.30 bits per heavy atom. The fourth-order valence-corrected chi connectivity index (χ4v) is 4.32. The molecule has 1 N–H and O–H groups in total. The van der Waals surface area contributed by atoms with Crippen molar-refractivity contribution in [1.82, 2.24) is 9.78 Å². The van der Waals surface area contributed by atoms with Gasteiger partial charge in [0.2, 0.25) is 0 Å². The summed E-state index contributed by atoms with van der Waals surface area (Å²) >= 11 is 17.6. The zero-order valence-corrected chi connectivity index (χ0v) is 14.9. The van der Waals surface area contributed by atoms with Gasteiger partial charge in [0.1, 0.15) is 10.6 Å². The fourth-order valence-electron chi connectivity index (χ4n) is 1.79. The molecule has 1 aromatic carbocycles. The van der Waals surface area contributed by atoms with Crippen LogP contribution in [0.1, 0.15) is 10.5 Å². The molecule has 0 amide bonds. The van der Waals surface area contributed by atoms with Crippen LogP contribution in [-0.4, -0.2) is 31.3 Å².